The highest BCUT2D eigenvalue weighted by atomic mass is 16.5. The summed E-state index contributed by atoms with van der Waals surface area (Å²) in [4.78, 5) is 33.7. The summed E-state index contributed by atoms with van der Waals surface area (Å²) in [6.45, 7) is 8.27. The molecule has 1 N–H and O–H groups in total. The van der Waals surface area contributed by atoms with Crippen LogP contribution in [0, 0.1) is 20.8 Å². The molecule has 0 amide bonds. The van der Waals surface area contributed by atoms with Crippen molar-refractivity contribution in [2.45, 2.75) is 34.2 Å². The monoisotopic (exact) mass is 366 g/mol. The number of fused-ring (bicyclic) bond motifs is 1. The molecule has 0 bridgehead atoms. The highest BCUT2D eigenvalue weighted by Gasteiger charge is 2.17. The van der Waals surface area contributed by atoms with E-state index in [1.165, 1.54) is 7.11 Å². The zero-order valence-corrected chi connectivity index (χ0v) is 16.1. The van der Waals surface area contributed by atoms with E-state index in [4.69, 9.17) is 4.74 Å². The van der Waals surface area contributed by atoms with Gasteiger partial charge in [-0.3, -0.25) is 9.78 Å². The number of methoxy groups -OCH3 is 1. The lowest BCUT2D eigenvalue weighted by Crippen LogP contribution is -2.20. The molecule has 0 aliphatic carbocycles. The molecule has 7 nitrogen and oxygen atoms in total. The van der Waals surface area contributed by atoms with Crippen molar-refractivity contribution in [1.82, 2.24) is 14.5 Å². The predicted molar refractivity (Wildman–Crippen MR) is 105 cm³/mol. The standard InChI is InChI=1S/C20H22N4O3/c1-6-24-10-16(20(26)27-5)18(25)15-8-14(7-11(2)17(15)24)23-19-13(4)22-12(3)9-21-19/h7-10H,6H2,1-5H3,(H,21,23). The molecule has 7 heteroatoms. The van der Waals surface area contributed by atoms with Gasteiger partial charge in [-0.2, -0.15) is 0 Å². The number of hydrogen-bond acceptors (Lipinski definition) is 6. The van der Waals surface area contributed by atoms with Gasteiger partial charge in [0.1, 0.15) is 5.56 Å². The van der Waals surface area contributed by atoms with Gasteiger partial charge in [0.2, 0.25) is 5.43 Å². The van der Waals surface area contributed by atoms with E-state index in [0.717, 1.165) is 22.5 Å². The van der Waals surface area contributed by atoms with Crippen molar-refractivity contribution in [3.63, 3.8) is 0 Å². The van der Waals surface area contributed by atoms with Gasteiger partial charge in [-0.15, -0.1) is 0 Å². The maximum atomic E-state index is 12.9. The van der Waals surface area contributed by atoms with Gasteiger partial charge in [-0.25, -0.2) is 9.78 Å². The summed E-state index contributed by atoms with van der Waals surface area (Å²) in [5.74, 6) is -0.0142. The number of hydrogen-bond donors (Lipinski definition) is 1. The normalized spacial score (nSPS) is 10.9. The van der Waals surface area contributed by atoms with Gasteiger partial charge in [-0.05, 0) is 45.4 Å². The average Bonchev–Trinajstić information content (AvgIpc) is 2.64. The zero-order chi connectivity index (χ0) is 19.7. The Morgan fingerprint density at radius 3 is 2.63 bits per heavy atom. The van der Waals surface area contributed by atoms with Crippen molar-refractivity contribution in [3.8, 4) is 0 Å². The first-order chi connectivity index (χ1) is 12.8. The number of benzene rings is 1. The molecule has 2 aromatic heterocycles. The molecule has 0 spiro atoms. The van der Waals surface area contributed by atoms with Crippen molar-refractivity contribution >= 4 is 28.4 Å². The lowest BCUT2D eigenvalue weighted by atomic mass is 10.1. The second-order valence-electron chi connectivity index (χ2n) is 6.41. The Morgan fingerprint density at radius 1 is 1.26 bits per heavy atom. The summed E-state index contributed by atoms with van der Waals surface area (Å²) in [5, 5.41) is 3.68. The largest absolute Gasteiger partial charge is 0.465 e. The van der Waals surface area contributed by atoms with E-state index < -0.39 is 5.97 Å². The summed E-state index contributed by atoms with van der Waals surface area (Å²) in [6, 6.07) is 3.69. The number of carbonyl (C=O) groups is 1. The fourth-order valence-electron chi connectivity index (χ4n) is 3.19. The Labute approximate surface area is 157 Å². The summed E-state index contributed by atoms with van der Waals surface area (Å²) >= 11 is 0. The predicted octanol–water partition coefficient (Wildman–Crippen LogP) is 3.27. The molecule has 0 fully saturated rings. The minimum atomic E-state index is -0.639. The molecule has 0 radical (unpaired) electrons. The molecule has 3 rings (SSSR count). The van der Waals surface area contributed by atoms with Gasteiger partial charge in [0.15, 0.2) is 5.82 Å². The summed E-state index contributed by atoms with van der Waals surface area (Å²) in [5.41, 5.74) is 3.71. The van der Waals surface area contributed by atoms with Gasteiger partial charge in [0, 0.05) is 23.8 Å². The van der Waals surface area contributed by atoms with E-state index in [1.807, 2.05) is 38.3 Å². The Kier molecular flexibility index (Phi) is 4.94. The van der Waals surface area contributed by atoms with Crippen LogP contribution in [0.15, 0.2) is 29.3 Å². The number of ether oxygens (including phenoxy) is 1. The molecule has 3 aromatic rings. The number of nitrogens with one attached hydrogen (secondary N) is 1. The molecule has 0 unspecified atom stereocenters. The Bertz CT molecular complexity index is 1100. The van der Waals surface area contributed by atoms with E-state index in [-0.39, 0.29) is 11.0 Å². The summed E-state index contributed by atoms with van der Waals surface area (Å²) in [6.07, 6.45) is 3.24. The maximum absolute atomic E-state index is 12.9. The third-order valence-electron chi connectivity index (χ3n) is 4.44. The average molecular weight is 366 g/mol. The number of esters is 1. The highest BCUT2D eigenvalue weighted by Crippen LogP contribution is 2.25. The van der Waals surface area contributed by atoms with Gasteiger partial charge >= 0.3 is 5.97 Å². The molecule has 2 heterocycles. The SMILES string of the molecule is CCn1cc(C(=O)OC)c(=O)c2cc(Nc3ncc(C)nc3C)cc(C)c21. The zero-order valence-electron chi connectivity index (χ0n) is 16.1. The number of carbonyl (C=O) groups excluding carboxylic acids is 1. The van der Waals surface area contributed by atoms with Crippen LogP contribution >= 0.6 is 0 Å². The van der Waals surface area contributed by atoms with Crippen LogP contribution in [-0.2, 0) is 11.3 Å². The molecular formula is C20H22N4O3. The first kappa shape index (κ1) is 18.6. The molecule has 27 heavy (non-hydrogen) atoms. The van der Waals surface area contributed by atoms with Crippen LogP contribution in [0.3, 0.4) is 0 Å². The van der Waals surface area contributed by atoms with E-state index in [1.54, 1.807) is 18.5 Å². The smallest absolute Gasteiger partial charge is 0.343 e. The number of anilines is 2. The number of pyridine rings is 1. The van der Waals surface area contributed by atoms with Crippen LogP contribution in [0.2, 0.25) is 0 Å². The van der Waals surface area contributed by atoms with Gasteiger partial charge in [-0.1, -0.05) is 0 Å². The second kappa shape index (κ2) is 7.19. The van der Waals surface area contributed by atoms with Gasteiger partial charge in [0.25, 0.3) is 0 Å². The summed E-state index contributed by atoms with van der Waals surface area (Å²) < 4.78 is 6.65. The molecule has 0 aliphatic heterocycles. The Morgan fingerprint density at radius 2 is 2.00 bits per heavy atom. The topological polar surface area (TPSA) is 86.1 Å². The van der Waals surface area contributed by atoms with Crippen LogP contribution < -0.4 is 10.7 Å². The minimum Gasteiger partial charge on any atom is -0.465 e. The molecule has 0 atom stereocenters. The van der Waals surface area contributed by atoms with E-state index in [0.29, 0.717) is 23.4 Å². The van der Waals surface area contributed by atoms with Gasteiger partial charge < -0.3 is 14.6 Å². The van der Waals surface area contributed by atoms with Crippen LogP contribution in [0.25, 0.3) is 10.9 Å². The summed E-state index contributed by atoms with van der Waals surface area (Å²) in [7, 11) is 1.27. The van der Waals surface area contributed by atoms with E-state index >= 15 is 0 Å². The third kappa shape index (κ3) is 3.40. The lowest BCUT2D eigenvalue weighted by Gasteiger charge is -2.15. The number of aromatic nitrogens is 3. The molecule has 0 saturated carbocycles. The second-order valence-corrected chi connectivity index (χ2v) is 6.41. The number of aryl methyl sites for hydroxylation is 4. The van der Waals surface area contributed by atoms with Crippen LogP contribution in [0.4, 0.5) is 11.5 Å². The van der Waals surface area contributed by atoms with Crippen molar-refractivity contribution in [1.29, 1.82) is 0 Å². The van der Waals surface area contributed by atoms with E-state index in [2.05, 4.69) is 15.3 Å². The molecule has 0 aliphatic rings. The van der Waals surface area contributed by atoms with Crippen molar-refractivity contribution in [2.24, 2.45) is 0 Å². The van der Waals surface area contributed by atoms with Gasteiger partial charge in [0.05, 0.1) is 30.2 Å². The molecular weight excluding hydrogens is 344 g/mol. The number of rotatable bonds is 4. The van der Waals surface area contributed by atoms with Crippen molar-refractivity contribution in [3.05, 3.63) is 57.3 Å². The van der Waals surface area contributed by atoms with Crippen LogP contribution in [0.5, 0.6) is 0 Å². The quantitative estimate of drug-likeness (QED) is 0.713. The highest BCUT2D eigenvalue weighted by molar-refractivity contribution is 5.95. The fraction of sp³-hybridized carbons (Fsp3) is 0.300. The maximum Gasteiger partial charge on any atom is 0.343 e. The van der Waals surface area contributed by atoms with Crippen molar-refractivity contribution < 1.29 is 9.53 Å². The molecule has 0 saturated heterocycles. The first-order valence-corrected chi connectivity index (χ1v) is 8.69. The Hall–Kier alpha value is -3.22. The first-order valence-electron chi connectivity index (χ1n) is 8.69. The van der Waals surface area contributed by atoms with Crippen LogP contribution in [-0.4, -0.2) is 27.6 Å². The number of nitrogens with zero attached hydrogens (tertiary/aromatic N) is 3. The fourth-order valence-corrected chi connectivity index (χ4v) is 3.19. The third-order valence-corrected chi connectivity index (χ3v) is 4.44. The van der Waals surface area contributed by atoms with Crippen molar-refractivity contribution in [2.75, 3.05) is 12.4 Å². The Balaban J connectivity index is 2.21. The molecule has 1 aromatic carbocycles. The lowest BCUT2D eigenvalue weighted by molar-refractivity contribution is 0.0598. The van der Waals surface area contributed by atoms with Crippen LogP contribution in [0.1, 0.15) is 34.2 Å². The minimum absolute atomic E-state index is 0.0229. The molecule has 140 valence electrons. The van der Waals surface area contributed by atoms with E-state index in [9.17, 15) is 9.59 Å².